The molecule has 0 aliphatic carbocycles. The molecule has 0 aliphatic rings. The maximum absolute atomic E-state index is 11.8. The maximum Gasteiger partial charge on any atom is 0.320 e. The van der Waals surface area contributed by atoms with E-state index in [1.54, 1.807) is 68.4 Å². The highest BCUT2D eigenvalue weighted by molar-refractivity contribution is 6.32. The Bertz CT molecular complexity index is 2620. The zero-order valence-corrected chi connectivity index (χ0v) is 37.1. The van der Waals surface area contributed by atoms with Crippen LogP contribution >= 0.6 is 23.2 Å². The predicted molar refractivity (Wildman–Crippen MR) is 247 cm³/mol. The molecule has 64 heavy (non-hydrogen) atoms. The van der Waals surface area contributed by atoms with Crippen LogP contribution < -0.4 is 24.3 Å². The summed E-state index contributed by atoms with van der Waals surface area (Å²) in [6.45, 7) is 4.36. The summed E-state index contributed by atoms with van der Waals surface area (Å²) < 4.78 is 25.0. The first-order valence-electron chi connectivity index (χ1n) is 20.3. The van der Waals surface area contributed by atoms with Gasteiger partial charge in [0.25, 0.3) is 0 Å². The van der Waals surface area contributed by atoms with E-state index < -0.39 is 12.0 Å². The van der Waals surface area contributed by atoms with Gasteiger partial charge in [0.15, 0.2) is 0 Å². The summed E-state index contributed by atoms with van der Waals surface area (Å²) in [6, 6.07) is 21.5. The first kappa shape index (κ1) is 47.1. The molecule has 0 saturated heterocycles. The molecule has 1 atom stereocenters. The lowest BCUT2D eigenvalue weighted by atomic mass is 9.92. The van der Waals surface area contributed by atoms with Crippen LogP contribution in [0.2, 0.25) is 10.0 Å². The first-order chi connectivity index (χ1) is 31.0. The normalized spacial score (nSPS) is 11.7. The van der Waals surface area contributed by atoms with Crippen LogP contribution in [0.1, 0.15) is 62.1 Å². The summed E-state index contributed by atoms with van der Waals surface area (Å²) in [6.07, 6.45) is 9.58. The molecule has 332 valence electrons. The summed E-state index contributed by atoms with van der Waals surface area (Å²) in [5.41, 5.74) is 10.1. The zero-order valence-electron chi connectivity index (χ0n) is 35.6. The van der Waals surface area contributed by atoms with Crippen LogP contribution in [0.3, 0.4) is 0 Å². The fraction of sp³-hybridized carbons (Fsp3) is 0.245. The van der Waals surface area contributed by atoms with Gasteiger partial charge in [-0.2, -0.15) is 0 Å². The van der Waals surface area contributed by atoms with Crippen molar-refractivity contribution < 1.29 is 39.1 Å². The molecule has 15 heteroatoms. The molecule has 0 radical (unpaired) electrons. The number of hydrogen-bond acceptors (Lipinski definition) is 12. The molecule has 5 N–H and O–H groups in total. The second kappa shape index (κ2) is 22.8. The van der Waals surface area contributed by atoms with Gasteiger partial charge >= 0.3 is 5.97 Å². The molecule has 0 bridgehead atoms. The molecular formula is C49H49Cl2N5O8. The third-order valence-electron chi connectivity index (χ3n) is 10.5. The summed E-state index contributed by atoms with van der Waals surface area (Å²) in [4.78, 5) is 24.3. The minimum atomic E-state index is -1.09. The molecular weight excluding hydrogens is 857 g/mol. The molecule has 4 aromatic carbocycles. The van der Waals surface area contributed by atoms with Crippen molar-refractivity contribution in [3.63, 3.8) is 0 Å². The minimum Gasteiger partial charge on any atom is -0.488 e. The molecule has 2 aromatic heterocycles. The van der Waals surface area contributed by atoms with Crippen LogP contribution in [0, 0.1) is 19.3 Å². The second-order valence-electron chi connectivity index (χ2n) is 14.8. The predicted octanol–water partition coefficient (Wildman–Crippen LogP) is 8.85. The molecule has 13 nitrogen and oxygen atoms in total. The van der Waals surface area contributed by atoms with E-state index in [0.717, 1.165) is 50.1 Å². The van der Waals surface area contributed by atoms with Gasteiger partial charge in [-0.05, 0) is 77.9 Å². The number of aliphatic carboxylic acids is 1. The Morgan fingerprint density at radius 1 is 0.719 bits per heavy atom. The number of aliphatic hydroxyl groups excluding tert-OH is 2. The number of aliphatic hydroxyl groups is 2. The SMILES string of the molecule is C/N=C/c1cncc(COc2cc(OCc3cccc(-c4cccc(COc5cc(OCc6cncc(C=N)c6)c(CN[C@H](CCO)C(=O)O)cc5Cl)c4C)c3C)c(Cl)cc2CO)c1. The molecule has 0 spiro atoms. The number of halogens is 2. The highest BCUT2D eigenvalue weighted by Gasteiger charge is 2.20. The van der Waals surface area contributed by atoms with E-state index in [4.69, 9.17) is 47.6 Å². The number of carbonyl (C=O) groups is 1. The van der Waals surface area contributed by atoms with Crippen LogP contribution in [-0.4, -0.2) is 63.4 Å². The average Bonchev–Trinajstić information content (AvgIpc) is 3.29. The van der Waals surface area contributed by atoms with E-state index >= 15 is 0 Å². The summed E-state index contributed by atoms with van der Waals surface area (Å²) in [7, 11) is 1.70. The van der Waals surface area contributed by atoms with Gasteiger partial charge in [-0.25, -0.2) is 0 Å². The topological polar surface area (TPSA) is 189 Å². The highest BCUT2D eigenvalue weighted by Crippen LogP contribution is 2.37. The summed E-state index contributed by atoms with van der Waals surface area (Å²) in [5.74, 6) is 0.549. The lowest BCUT2D eigenvalue weighted by Gasteiger charge is -2.19. The molecule has 6 aromatic rings. The van der Waals surface area contributed by atoms with Gasteiger partial charge < -0.3 is 45.0 Å². The van der Waals surface area contributed by atoms with E-state index in [2.05, 4.69) is 32.4 Å². The van der Waals surface area contributed by atoms with Gasteiger partial charge in [0.05, 0.1) is 16.7 Å². The van der Waals surface area contributed by atoms with Crippen molar-refractivity contribution in [3.05, 3.63) is 163 Å². The van der Waals surface area contributed by atoms with Crippen LogP contribution in [0.5, 0.6) is 23.0 Å². The Balaban J connectivity index is 1.18. The van der Waals surface area contributed by atoms with Crippen LogP contribution in [0.4, 0.5) is 0 Å². The number of ether oxygens (including phenoxy) is 4. The lowest BCUT2D eigenvalue weighted by Crippen LogP contribution is -2.37. The van der Waals surface area contributed by atoms with E-state index in [-0.39, 0.29) is 52.6 Å². The van der Waals surface area contributed by atoms with Crippen LogP contribution in [0.15, 0.2) is 103 Å². The fourth-order valence-electron chi connectivity index (χ4n) is 6.95. The number of benzene rings is 4. The van der Waals surface area contributed by atoms with E-state index in [1.165, 1.54) is 6.21 Å². The number of carboxylic acids is 1. The number of nitrogens with zero attached hydrogens (tertiary/aromatic N) is 3. The molecule has 0 unspecified atom stereocenters. The Labute approximate surface area is 381 Å². The second-order valence-corrected chi connectivity index (χ2v) is 15.7. The van der Waals surface area contributed by atoms with Crippen molar-refractivity contribution in [1.29, 1.82) is 5.41 Å². The van der Waals surface area contributed by atoms with Crippen molar-refractivity contribution in [1.82, 2.24) is 15.3 Å². The minimum absolute atomic E-state index is 0.0240. The van der Waals surface area contributed by atoms with Gasteiger partial charge in [0.1, 0.15) is 55.5 Å². The number of pyridine rings is 2. The number of carboxylic acid groups (broad SMARTS) is 1. The molecule has 6 rings (SSSR count). The standard InChI is InChI=1S/C49H49Cl2N5O8/c1-30-36(28-63-47-16-45(61-26-34-12-32(18-52)20-54-22-34)38(14-42(47)50)24-56-44(10-11-57)49(59)60)6-4-8-40(30)41-9-5-7-37(31(41)2)29-64-48-17-46(39(25-58)15-43(48)51)62-27-35-13-33(19-53-3)21-55-23-35/h4-9,12-23,44,52,56-58H,10-11,24-29H2,1-3H3,(H,59,60)/b52-18?,53-19+/t44-/m1/s1. The average molecular weight is 907 g/mol. The van der Waals surface area contributed by atoms with Crippen molar-refractivity contribution in [2.45, 2.75) is 65.9 Å². The quantitative estimate of drug-likeness (QED) is 0.0410. The lowest BCUT2D eigenvalue weighted by molar-refractivity contribution is -0.140. The van der Waals surface area contributed by atoms with Gasteiger partial charge in [-0.3, -0.25) is 19.8 Å². The van der Waals surface area contributed by atoms with Gasteiger partial charge in [0.2, 0.25) is 0 Å². The highest BCUT2D eigenvalue weighted by atomic mass is 35.5. The number of nitrogens with one attached hydrogen (secondary N) is 2. The van der Waals surface area contributed by atoms with E-state index in [1.807, 2.05) is 44.2 Å². The number of rotatable bonds is 22. The van der Waals surface area contributed by atoms with Crippen molar-refractivity contribution in [2.75, 3.05) is 13.7 Å². The smallest absolute Gasteiger partial charge is 0.320 e. The van der Waals surface area contributed by atoms with Crippen molar-refractivity contribution in [2.24, 2.45) is 4.99 Å². The molecule has 0 amide bonds. The number of aliphatic imine (C=N–C) groups is 1. The summed E-state index contributed by atoms with van der Waals surface area (Å²) >= 11 is 13.4. The van der Waals surface area contributed by atoms with Crippen molar-refractivity contribution >= 4 is 41.6 Å². The van der Waals surface area contributed by atoms with Gasteiger partial charge in [-0.15, -0.1) is 0 Å². The summed E-state index contributed by atoms with van der Waals surface area (Å²) in [5, 5.41) is 40.3. The van der Waals surface area contributed by atoms with Gasteiger partial charge in [-0.1, -0.05) is 59.6 Å². The third-order valence-corrected chi connectivity index (χ3v) is 11.1. The number of aromatic nitrogens is 2. The Kier molecular flexibility index (Phi) is 16.8. The Hall–Kier alpha value is -6.35. The first-order valence-corrected chi connectivity index (χ1v) is 21.1. The van der Waals surface area contributed by atoms with Crippen LogP contribution in [0.25, 0.3) is 11.1 Å². The monoisotopic (exact) mass is 905 g/mol. The maximum atomic E-state index is 11.8. The fourth-order valence-corrected chi connectivity index (χ4v) is 7.43. The Morgan fingerprint density at radius 2 is 1.23 bits per heavy atom. The molecule has 0 fully saturated rings. The Morgan fingerprint density at radius 3 is 1.75 bits per heavy atom. The molecule has 2 heterocycles. The van der Waals surface area contributed by atoms with Crippen LogP contribution in [-0.2, 0) is 44.4 Å². The zero-order chi connectivity index (χ0) is 45.6. The van der Waals surface area contributed by atoms with Crippen molar-refractivity contribution in [3.8, 4) is 34.1 Å². The molecule has 0 saturated carbocycles. The third kappa shape index (κ3) is 12.2. The van der Waals surface area contributed by atoms with E-state index in [9.17, 15) is 20.1 Å². The molecule has 0 aliphatic heterocycles. The van der Waals surface area contributed by atoms with E-state index in [0.29, 0.717) is 49.7 Å². The largest absolute Gasteiger partial charge is 0.488 e. The van der Waals surface area contributed by atoms with Gasteiger partial charge in [0, 0.05) is 103 Å². The number of hydrogen-bond donors (Lipinski definition) is 5.